The van der Waals surface area contributed by atoms with Crippen LogP contribution < -0.4 is 0 Å². The van der Waals surface area contributed by atoms with E-state index in [1.54, 1.807) is 0 Å². The van der Waals surface area contributed by atoms with Crippen molar-refractivity contribution in [2.75, 3.05) is 0 Å². The first-order valence-corrected chi connectivity index (χ1v) is 8.76. The van der Waals surface area contributed by atoms with Gasteiger partial charge in [-0.1, -0.05) is 0 Å². The molecule has 1 N–H and O–H groups in total. The number of hydrogen-bond donors (Lipinski definition) is 1. The predicted octanol–water partition coefficient (Wildman–Crippen LogP) is 3.48. The van der Waals surface area contributed by atoms with Crippen molar-refractivity contribution in [2.24, 2.45) is 0 Å². The van der Waals surface area contributed by atoms with E-state index in [0.29, 0.717) is 12.5 Å². The molecule has 0 saturated carbocycles. The Balaban J connectivity index is 4.91. The lowest BCUT2D eigenvalue weighted by atomic mass is 10.5. The van der Waals surface area contributed by atoms with E-state index in [1.165, 1.54) is 0 Å². The van der Waals surface area contributed by atoms with Gasteiger partial charge in [-0.2, -0.15) is 0 Å². The van der Waals surface area contributed by atoms with E-state index in [4.69, 9.17) is 25.5 Å². The average Bonchev–Trinajstić information content (AvgIpc) is 2.11. The summed E-state index contributed by atoms with van der Waals surface area (Å²) < 4.78 is 17.8. The molecule has 0 aliphatic carbocycles. The van der Waals surface area contributed by atoms with Gasteiger partial charge in [0, 0.05) is 30.8 Å². The molecule has 18 heavy (non-hydrogen) atoms. The molecule has 0 spiro atoms. The topological polar surface area (TPSA) is 47.9 Å². The van der Waals surface area contributed by atoms with Gasteiger partial charge in [0.1, 0.15) is 0 Å². The minimum Gasteiger partial charge on any atom is -0.502 e. The molecule has 0 aliphatic heterocycles. The minimum atomic E-state index is -2.80. The summed E-state index contributed by atoms with van der Waals surface area (Å²) >= 11 is 4.72. The molecule has 0 amide bonds. The zero-order valence-corrected chi connectivity index (χ0v) is 14.0. The number of hydrogen-bond acceptors (Lipinski definition) is 4. The molecule has 0 rings (SSSR count). The maximum Gasteiger partial charge on any atom is 0.502 e. The molecular formula is C12H26O4SSi. The van der Waals surface area contributed by atoms with Crippen molar-refractivity contribution in [3.63, 3.8) is 0 Å². The van der Waals surface area contributed by atoms with Crippen LogP contribution in [-0.2, 0) is 13.3 Å². The van der Waals surface area contributed by atoms with Crippen LogP contribution in [0.25, 0.3) is 0 Å². The lowest BCUT2D eigenvalue weighted by Crippen LogP contribution is -2.50. The second kappa shape index (κ2) is 8.22. The molecule has 4 nitrogen and oxygen atoms in total. The van der Waals surface area contributed by atoms with E-state index in [2.05, 4.69) is 0 Å². The monoisotopic (exact) mass is 294 g/mol. The Bertz CT molecular complexity index is 230. The Morgan fingerprint density at radius 1 is 0.944 bits per heavy atom. The third kappa shape index (κ3) is 8.15. The average molecular weight is 294 g/mol. The van der Waals surface area contributed by atoms with Crippen LogP contribution in [0.4, 0.5) is 0 Å². The Morgan fingerprint density at radius 2 is 1.28 bits per heavy atom. The molecule has 0 radical (unpaired) electrons. The molecule has 108 valence electrons. The molecule has 0 aliphatic rings. The number of thiocarbonyl (C=S) groups is 1. The van der Waals surface area contributed by atoms with E-state index in [0.717, 1.165) is 0 Å². The largest absolute Gasteiger partial charge is 0.502 e. The zero-order chi connectivity index (χ0) is 14.3. The summed E-state index contributed by atoms with van der Waals surface area (Å²) in [6, 6.07) is 0.511. The summed E-state index contributed by atoms with van der Waals surface area (Å²) in [6.45, 7) is 11.7. The van der Waals surface area contributed by atoms with Crippen LogP contribution in [0.15, 0.2) is 0 Å². The molecule has 0 fully saturated rings. The molecule has 0 atom stereocenters. The Kier molecular flexibility index (Phi) is 8.21. The van der Waals surface area contributed by atoms with Crippen molar-refractivity contribution in [3.05, 3.63) is 0 Å². The molecule has 6 heteroatoms. The Hall–Kier alpha value is -0.0131. The molecule has 0 bridgehead atoms. The molecule has 0 heterocycles. The first-order valence-electron chi connectivity index (χ1n) is 6.42. The number of aliphatic hydroxyl groups is 1. The van der Waals surface area contributed by atoms with Gasteiger partial charge in [0.25, 0.3) is 0 Å². The van der Waals surface area contributed by atoms with Gasteiger partial charge >= 0.3 is 8.80 Å². The van der Waals surface area contributed by atoms with E-state index < -0.39 is 8.80 Å². The van der Waals surface area contributed by atoms with Gasteiger partial charge in [0.15, 0.2) is 5.05 Å². The lowest BCUT2D eigenvalue weighted by molar-refractivity contribution is 0.00349. The summed E-state index contributed by atoms with van der Waals surface area (Å²) in [5.41, 5.74) is 0. The second-order valence-corrected chi connectivity index (χ2v) is 8.12. The fourth-order valence-electron chi connectivity index (χ4n) is 1.60. The highest BCUT2D eigenvalue weighted by molar-refractivity contribution is 7.80. The Morgan fingerprint density at radius 3 is 1.50 bits per heavy atom. The fraction of sp³-hybridized carbons (Fsp3) is 0.917. The van der Waals surface area contributed by atoms with Crippen molar-refractivity contribution in [2.45, 2.75) is 72.3 Å². The molecule has 0 aromatic rings. The SMILES string of the molecule is CC(C)O[Si](CCC(O)=S)(OC(C)C)OC(C)C. The van der Waals surface area contributed by atoms with Gasteiger partial charge in [-0.3, -0.25) is 0 Å². The van der Waals surface area contributed by atoms with Crippen LogP contribution in [0, 0.1) is 0 Å². The van der Waals surface area contributed by atoms with Crippen LogP contribution >= 0.6 is 12.2 Å². The Labute approximate surface area is 117 Å². The van der Waals surface area contributed by atoms with Crippen LogP contribution in [0.2, 0.25) is 6.04 Å². The van der Waals surface area contributed by atoms with Crippen molar-refractivity contribution in [1.82, 2.24) is 0 Å². The molecule has 0 aromatic heterocycles. The van der Waals surface area contributed by atoms with Crippen molar-refractivity contribution in [3.8, 4) is 0 Å². The summed E-state index contributed by atoms with van der Waals surface area (Å²) in [4.78, 5) is 0. The summed E-state index contributed by atoms with van der Waals surface area (Å²) in [6.07, 6.45) is 0.414. The molecule has 0 unspecified atom stereocenters. The fourth-order valence-corrected chi connectivity index (χ4v) is 5.10. The van der Waals surface area contributed by atoms with Gasteiger partial charge in [0.2, 0.25) is 0 Å². The van der Waals surface area contributed by atoms with Crippen molar-refractivity contribution < 1.29 is 18.4 Å². The summed E-state index contributed by atoms with van der Waals surface area (Å²) in [5, 5.41) is 9.18. The van der Waals surface area contributed by atoms with Crippen molar-refractivity contribution >= 4 is 26.1 Å². The van der Waals surface area contributed by atoms with Crippen LogP contribution in [0.1, 0.15) is 48.0 Å². The lowest BCUT2D eigenvalue weighted by Gasteiger charge is -2.34. The second-order valence-electron chi connectivity index (χ2n) is 5.08. The minimum absolute atomic E-state index is 0.0152. The van der Waals surface area contributed by atoms with E-state index in [-0.39, 0.29) is 23.4 Å². The standard InChI is InChI=1S/C12H26O4SSi/c1-9(2)14-18(15-10(3)4,16-11(5)6)8-7-12(13)17/h9-11H,7-8H2,1-6H3,(H,13,17). The van der Waals surface area contributed by atoms with Crippen LogP contribution in [-0.4, -0.2) is 37.3 Å². The van der Waals surface area contributed by atoms with Gasteiger partial charge in [-0.25, -0.2) is 0 Å². The van der Waals surface area contributed by atoms with Crippen LogP contribution in [0.5, 0.6) is 0 Å². The van der Waals surface area contributed by atoms with Gasteiger partial charge < -0.3 is 18.4 Å². The zero-order valence-electron chi connectivity index (χ0n) is 12.2. The van der Waals surface area contributed by atoms with E-state index in [1.807, 2.05) is 41.5 Å². The third-order valence-corrected chi connectivity index (χ3v) is 5.45. The van der Waals surface area contributed by atoms with Crippen molar-refractivity contribution in [1.29, 1.82) is 0 Å². The van der Waals surface area contributed by atoms with Crippen LogP contribution in [0.3, 0.4) is 0 Å². The predicted molar refractivity (Wildman–Crippen MR) is 79.1 cm³/mol. The quantitative estimate of drug-likeness (QED) is 0.521. The highest BCUT2D eigenvalue weighted by Gasteiger charge is 2.44. The third-order valence-electron chi connectivity index (χ3n) is 1.89. The van der Waals surface area contributed by atoms with Gasteiger partial charge in [-0.15, -0.1) is 0 Å². The number of rotatable bonds is 9. The smallest absolute Gasteiger partial charge is 0.502 e. The summed E-state index contributed by atoms with van der Waals surface area (Å²) in [7, 11) is -2.80. The maximum absolute atomic E-state index is 9.21. The maximum atomic E-state index is 9.21. The molecule has 0 aromatic carbocycles. The molecular weight excluding hydrogens is 268 g/mol. The first kappa shape index (κ1) is 18.0. The number of aliphatic hydroxyl groups excluding tert-OH is 1. The van der Waals surface area contributed by atoms with Gasteiger partial charge in [-0.05, 0) is 53.8 Å². The van der Waals surface area contributed by atoms with Gasteiger partial charge in [0.05, 0.1) is 0 Å². The highest BCUT2D eigenvalue weighted by Crippen LogP contribution is 2.23. The first-order chi connectivity index (χ1) is 8.17. The van der Waals surface area contributed by atoms with E-state index >= 15 is 0 Å². The normalized spacial score (nSPS) is 12.7. The highest BCUT2D eigenvalue weighted by atomic mass is 32.1. The summed E-state index contributed by atoms with van der Waals surface area (Å²) in [5.74, 6) is 0. The van der Waals surface area contributed by atoms with E-state index in [9.17, 15) is 5.11 Å². The molecule has 0 saturated heterocycles.